The second-order valence-electron chi connectivity index (χ2n) is 11.2. The third kappa shape index (κ3) is 4.89. The summed E-state index contributed by atoms with van der Waals surface area (Å²) in [5, 5.41) is 10.3. The highest BCUT2D eigenvalue weighted by molar-refractivity contribution is 6.58. The topological polar surface area (TPSA) is 74.8 Å². The van der Waals surface area contributed by atoms with E-state index in [0.29, 0.717) is 5.56 Å². The van der Waals surface area contributed by atoms with Crippen molar-refractivity contribution in [2.24, 2.45) is 0 Å². The van der Waals surface area contributed by atoms with E-state index in [1.807, 2.05) is 18.3 Å². The van der Waals surface area contributed by atoms with Crippen molar-refractivity contribution in [3.05, 3.63) is 64.8 Å². The summed E-state index contributed by atoms with van der Waals surface area (Å²) in [4.78, 5) is 17.4. The number of benzene rings is 2. The number of nitrogens with one attached hydrogen (secondary N) is 1. The lowest BCUT2D eigenvalue weighted by Crippen LogP contribution is -2.45. The Morgan fingerprint density at radius 2 is 2.03 bits per heavy atom. The molecule has 2 aliphatic rings. The Morgan fingerprint density at radius 1 is 1.26 bits per heavy atom. The van der Waals surface area contributed by atoms with Crippen molar-refractivity contribution >= 4 is 40.4 Å². The summed E-state index contributed by atoms with van der Waals surface area (Å²) in [6.45, 7) is 4.62. The molecule has 2 N–H and O–H groups in total. The average Bonchev–Trinajstić information content (AvgIpc) is 3.47. The SMILES string of the molecule is BC(B)(B)Oc1cc(C)c2[nH]ccc2c1CN1CCC2(CCCO2)CC1c1ccc(C(=O)O)cc1. The molecule has 3 aromatic rings. The molecule has 2 aliphatic heterocycles. The van der Waals surface area contributed by atoms with Gasteiger partial charge in [0.2, 0.25) is 0 Å². The first-order chi connectivity index (χ1) is 16.6. The Bertz CT molecular complexity index is 1230. The summed E-state index contributed by atoms with van der Waals surface area (Å²) in [5.74, 6) is 0.0330. The minimum absolute atomic E-state index is 0.0753. The second kappa shape index (κ2) is 9.10. The van der Waals surface area contributed by atoms with Crippen LogP contribution in [0.5, 0.6) is 5.75 Å². The highest BCUT2D eigenvalue weighted by Gasteiger charge is 2.43. The van der Waals surface area contributed by atoms with E-state index in [9.17, 15) is 9.90 Å². The molecule has 2 fully saturated rings. The molecule has 0 radical (unpaired) electrons. The number of ether oxygens (including phenoxy) is 2. The first-order valence-corrected chi connectivity index (χ1v) is 12.6. The van der Waals surface area contributed by atoms with Crippen LogP contribution in [0.1, 0.15) is 58.8 Å². The number of nitrogens with zero attached hydrogens (tertiary/aromatic N) is 1. The summed E-state index contributed by atoms with van der Waals surface area (Å²) in [6.07, 6.45) is 6.12. The molecule has 35 heavy (non-hydrogen) atoms. The van der Waals surface area contributed by atoms with Crippen LogP contribution < -0.4 is 4.74 Å². The van der Waals surface area contributed by atoms with Gasteiger partial charge in [-0.15, -0.1) is 0 Å². The number of carbonyl (C=O) groups is 1. The molecule has 9 heteroatoms. The van der Waals surface area contributed by atoms with Crippen molar-refractivity contribution in [1.82, 2.24) is 9.88 Å². The van der Waals surface area contributed by atoms with Crippen LogP contribution in [-0.2, 0) is 11.3 Å². The summed E-state index contributed by atoms with van der Waals surface area (Å²) in [5.41, 5.74) is 4.89. The number of H-pyrrole nitrogens is 1. The lowest BCUT2D eigenvalue weighted by Gasteiger charge is -2.45. The van der Waals surface area contributed by atoms with E-state index in [4.69, 9.17) is 9.47 Å². The van der Waals surface area contributed by atoms with Crippen LogP contribution in [0.15, 0.2) is 42.6 Å². The third-order valence-electron chi connectivity index (χ3n) is 7.48. The number of hydrogen-bond acceptors (Lipinski definition) is 4. The Kier molecular flexibility index (Phi) is 6.26. The van der Waals surface area contributed by atoms with E-state index in [2.05, 4.69) is 52.5 Å². The van der Waals surface area contributed by atoms with Gasteiger partial charge in [0.1, 0.15) is 29.3 Å². The molecule has 2 atom stereocenters. The molecule has 0 aliphatic carbocycles. The molecule has 2 aromatic carbocycles. The third-order valence-corrected chi connectivity index (χ3v) is 7.48. The zero-order chi connectivity index (χ0) is 24.8. The Hall–Kier alpha value is -2.64. The van der Waals surface area contributed by atoms with E-state index in [1.54, 1.807) is 12.1 Å². The number of likely N-dealkylation sites (tertiary alicyclic amines) is 1. The first-order valence-electron chi connectivity index (χ1n) is 12.6. The Balaban J connectivity index is 1.53. The van der Waals surface area contributed by atoms with Gasteiger partial charge >= 0.3 is 5.97 Å². The van der Waals surface area contributed by atoms with Gasteiger partial charge in [-0.1, -0.05) is 12.1 Å². The Morgan fingerprint density at radius 3 is 2.69 bits per heavy atom. The van der Waals surface area contributed by atoms with Crippen molar-refractivity contribution in [3.63, 3.8) is 0 Å². The molecule has 0 saturated carbocycles. The van der Waals surface area contributed by atoms with Crippen LogP contribution >= 0.6 is 0 Å². The molecule has 2 unspecified atom stereocenters. The maximum absolute atomic E-state index is 11.4. The van der Waals surface area contributed by atoms with Crippen LogP contribution in [0.4, 0.5) is 0 Å². The van der Waals surface area contributed by atoms with Gasteiger partial charge in [0, 0.05) is 53.7 Å². The molecule has 0 bridgehead atoms. The number of aromatic amines is 1. The molecule has 0 amide bonds. The predicted octanol–water partition coefficient (Wildman–Crippen LogP) is 1.95. The molecule has 180 valence electrons. The molecule has 3 heterocycles. The van der Waals surface area contributed by atoms with E-state index in [-0.39, 0.29) is 16.9 Å². The molecular formula is C26H33B3N2O4. The van der Waals surface area contributed by atoms with Crippen molar-refractivity contribution in [1.29, 1.82) is 0 Å². The lowest BCUT2D eigenvalue weighted by atomic mass is 9.52. The first kappa shape index (κ1) is 24.1. The van der Waals surface area contributed by atoms with Crippen molar-refractivity contribution < 1.29 is 19.4 Å². The number of hydrogen-bond donors (Lipinski definition) is 2. The van der Waals surface area contributed by atoms with Crippen LogP contribution in [0.25, 0.3) is 10.9 Å². The lowest BCUT2D eigenvalue weighted by molar-refractivity contribution is -0.0676. The summed E-state index contributed by atoms with van der Waals surface area (Å²) >= 11 is 0. The average molecular weight is 470 g/mol. The molecule has 1 spiro atoms. The van der Waals surface area contributed by atoms with E-state index >= 15 is 0 Å². The number of fused-ring (bicyclic) bond motifs is 1. The zero-order valence-corrected chi connectivity index (χ0v) is 21.2. The Labute approximate surface area is 209 Å². The smallest absolute Gasteiger partial charge is 0.335 e. The largest absolute Gasteiger partial charge is 0.513 e. The van der Waals surface area contributed by atoms with E-state index in [0.717, 1.165) is 62.2 Å². The quantitative estimate of drug-likeness (QED) is 0.540. The van der Waals surface area contributed by atoms with Crippen molar-refractivity contribution in [2.75, 3.05) is 13.2 Å². The maximum atomic E-state index is 11.4. The van der Waals surface area contributed by atoms with E-state index < -0.39 is 5.97 Å². The van der Waals surface area contributed by atoms with Gasteiger partial charge in [0.25, 0.3) is 0 Å². The van der Waals surface area contributed by atoms with Crippen LogP contribution in [0.3, 0.4) is 0 Å². The number of aromatic nitrogens is 1. The highest BCUT2D eigenvalue weighted by atomic mass is 16.5. The number of rotatable bonds is 6. The molecule has 6 nitrogen and oxygen atoms in total. The van der Waals surface area contributed by atoms with Crippen molar-refractivity contribution in [3.8, 4) is 5.75 Å². The van der Waals surface area contributed by atoms with Crippen LogP contribution in [-0.4, -0.2) is 68.6 Å². The predicted molar refractivity (Wildman–Crippen MR) is 146 cm³/mol. The fourth-order valence-electron chi connectivity index (χ4n) is 5.79. The minimum atomic E-state index is -0.897. The minimum Gasteiger partial charge on any atom is -0.513 e. The van der Waals surface area contributed by atoms with Gasteiger partial charge in [0.05, 0.1) is 11.2 Å². The maximum Gasteiger partial charge on any atom is 0.335 e. The van der Waals surface area contributed by atoms with Gasteiger partial charge in [-0.2, -0.15) is 0 Å². The molecule has 1 aromatic heterocycles. The van der Waals surface area contributed by atoms with Gasteiger partial charge in [-0.05, 0) is 68.0 Å². The number of piperidine rings is 1. The zero-order valence-electron chi connectivity index (χ0n) is 21.2. The monoisotopic (exact) mass is 470 g/mol. The van der Waals surface area contributed by atoms with Gasteiger partial charge in [-0.25, -0.2) is 4.79 Å². The number of aromatic carboxylic acids is 1. The highest BCUT2D eigenvalue weighted by Crippen LogP contribution is 2.45. The molecule has 2 saturated heterocycles. The van der Waals surface area contributed by atoms with Crippen molar-refractivity contribution in [2.45, 2.75) is 56.1 Å². The summed E-state index contributed by atoms with van der Waals surface area (Å²) in [7, 11) is 6.26. The fraction of sp³-hybridized carbons (Fsp3) is 0.423. The van der Waals surface area contributed by atoms with Crippen LogP contribution in [0.2, 0.25) is 0 Å². The molecular weight excluding hydrogens is 437 g/mol. The normalized spacial score (nSPS) is 23.2. The van der Waals surface area contributed by atoms with Gasteiger partial charge in [-0.3, -0.25) is 4.90 Å². The van der Waals surface area contributed by atoms with Gasteiger partial charge < -0.3 is 19.6 Å². The second-order valence-corrected chi connectivity index (χ2v) is 11.2. The summed E-state index contributed by atoms with van der Waals surface area (Å²) < 4.78 is 12.8. The fourth-order valence-corrected chi connectivity index (χ4v) is 5.79. The van der Waals surface area contributed by atoms with Gasteiger partial charge in [0.15, 0.2) is 0 Å². The van der Waals surface area contributed by atoms with Crippen LogP contribution in [0, 0.1) is 6.92 Å². The standard InChI is InChI=1S/C26H33B3N2O4/c1-16-13-22(35-26(27,28)29)20(19-7-10-30-23(16)19)15-31-11-9-25(8-2-12-34-25)14-21(31)17-3-5-18(6-4-17)24(32)33/h3-7,10,13,21,30H,2,8-9,11-12,14-15,27-29H2,1H3,(H,32,33). The summed E-state index contributed by atoms with van der Waals surface area (Å²) in [6, 6.07) is 11.8. The van der Waals surface area contributed by atoms with E-state index in [1.165, 1.54) is 16.5 Å². The number of aryl methyl sites for hydroxylation is 1. The number of carboxylic acids is 1. The molecule has 5 rings (SSSR count). The number of carboxylic acid groups (broad SMARTS) is 1.